The molecule has 3 heterocycles. The third-order valence-corrected chi connectivity index (χ3v) is 4.96. The van der Waals surface area contributed by atoms with Crippen LogP contribution in [0.1, 0.15) is 21.6 Å². The zero-order valence-electron chi connectivity index (χ0n) is 16.0. The second-order valence-electron chi connectivity index (χ2n) is 6.59. The number of nitrogens with zero attached hydrogens (tertiary/aromatic N) is 2. The van der Waals surface area contributed by atoms with Crippen LogP contribution in [0.25, 0.3) is 17.0 Å². The summed E-state index contributed by atoms with van der Waals surface area (Å²) >= 11 is 6.25. The molecular weight excluding hydrogens is 435 g/mol. The molecule has 0 atom stereocenters. The van der Waals surface area contributed by atoms with Gasteiger partial charge >= 0.3 is 6.18 Å². The van der Waals surface area contributed by atoms with E-state index >= 15 is 0 Å². The van der Waals surface area contributed by atoms with Crippen molar-refractivity contribution in [2.75, 3.05) is 7.11 Å². The molecule has 3 aromatic heterocycles. The van der Waals surface area contributed by atoms with Crippen LogP contribution in [0, 0.1) is 0 Å². The number of nitrogens with one attached hydrogen (secondary N) is 1. The summed E-state index contributed by atoms with van der Waals surface area (Å²) in [4.78, 5) is 16.5. The lowest BCUT2D eigenvalue weighted by atomic mass is 10.1. The Kier molecular flexibility index (Phi) is 5.36. The van der Waals surface area contributed by atoms with Gasteiger partial charge in [0.1, 0.15) is 16.7 Å². The summed E-state index contributed by atoms with van der Waals surface area (Å²) in [5, 5.41) is 2.38. The fourth-order valence-corrected chi connectivity index (χ4v) is 3.31. The number of hydrogen-bond acceptors (Lipinski definition) is 4. The number of ether oxygens (including phenoxy) is 1. The summed E-state index contributed by atoms with van der Waals surface area (Å²) in [6.45, 7) is 0.136. The highest BCUT2D eigenvalue weighted by Gasteiger charge is 2.36. The first-order chi connectivity index (χ1) is 14.8. The Labute approximate surface area is 179 Å². The lowest BCUT2D eigenvalue weighted by Crippen LogP contribution is -2.23. The Morgan fingerprint density at radius 3 is 2.61 bits per heavy atom. The van der Waals surface area contributed by atoms with Gasteiger partial charge in [0.2, 0.25) is 0 Å². The number of amides is 1. The number of carbonyl (C=O) groups excluding carboxylic acids is 1. The van der Waals surface area contributed by atoms with E-state index in [1.165, 1.54) is 25.6 Å². The van der Waals surface area contributed by atoms with Crippen LogP contribution >= 0.6 is 11.6 Å². The molecule has 1 aromatic carbocycles. The fraction of sp³-hybridized carbons (Fsp3) is 0.143. The Hall–Kier alpha value is -3.46. The van der Waals surface area contributed by atoms with E-state index in [2.05, 4.69) is 10.3 Å². The van der Waals surface area contributed by atoms with Crippen molar-refractivity contribution in [2.45, 2.75) is 12.7 Å². The number of rotatable bonds is 5. The van der Waals surface area contributed by atoms with E-state index in [1.807, 2.05) is 0 Å². The quantitative estimate of drug-likeness (QED) is 0.454. The highest BCUT2D eigenvalue weighted by molar-refractivity contribution is 6.33. The van der Waals surface area contributed by atoms with Gasteiger partial charge in [-0.05, 0) is 35.9 Å². The third kappa shape index (κ3) is 4.09. The van der Waals surface area contributed by atoms with E-state index in [1.54, 1.807) is 30.3 Å². The number of halogens is 4. The van der Waals surface area contributed by atoms with Gasteiger partial charge in [0, 0.05) is 18.3 Å². The molecule has 0 saturated carbocycles. The van der Waals surface area contributed by atoms with Gasteiger partial charge in [0.05, 0.1) is 18.9 Å². The van der Waals surface area contributed by atoms with E-state index in [9.17, 15) is 18.0 Å². The zero-order chi connectivity index (χ0) is 22.2. The summed E-state index contributed by atoms with van der Waals surface area (Å²) in [5.41, 5.74) is -0.892. The zero-order valence-corrected chi connectivity index (χ0v) is 16.8. The molecule has 31 heavy (non-hydrogen) atoms. The van der Waals surface area contributed by atoms with E-state index in [0.29, 0.717) is 5.75 Å². The van der Waals surface area contributed by atoms with E-state index in [-0.39, 0.29) is 28.7 Å². The topological polar surface area (TPSA) is 68.8 Å². The molecule has 0 saturated heterocycles. The molecule has 1 amide bonds. The van der Waals surface area contributed by atoms with Crippen molar-refractivity contribution in [1.82, 2.24) is 14.7 Å². The van der Waals surface area contributed by atoms with Gasteiger partial charge in [-0.15, -0.1) is 0 Å². The predicted octanol–water partition coefficient (Wildman–Crippen LogP) is 5.21. The first-order valence-corrected chi connectivity index (χ1v) is 9.39. The number of methoxy groups -OCH3 is 1. The average Bonchev–Trinajstić information content (AvgIpc) is 3.40. The number of imidazole rings is 1. The monoisotopic (exact) mass is 449 g/mol. The Morgan fingerprint density at radius 1 is 1.26 bits per heavy atom. The lowest BCUT2D eigenvalue weighted by Gasteiger charge is -2.10. The maximum Gasteiger partial charge on any atom is 0.420 e. The third-order valence-electron chi connectivity index (χ3n) is 4.60. The average molecular weight is 450 g/mol. The number of carbonyl (C=O) groups is 1. The molecule has 4 rings (SSSR count). The number of hydrogen-bond donors (Lipinski definition) is 1. The molecule has 1 N–H and O–H groups in total. The molecule has 6 nitrogen and oxygen atoms in total. The first-order valence-electron chi connectivity index (χ1n) is 9.01. The van der Waals surface area contributed by atoms with Crippen molar-refractivity contribution < 1.29 is 27.1 Å². The van der Waals surface area contributed by atoms with Crippen molar-refractivity contribution in [3.63, 3.8) is 0 Å². The summed E-state index contributed by atoms with van der Waals surface area (Å²) in [5.74, 6) is 0.186. The number of fused-ring (bicyclic) bond motifs is 1. The van der Waals surface area contributed by atoms with Gasteiger partial charge in [0.15, 0.2) is 11.3 Å². The number of benzene rings is 1. The first kappa shape index (κ1) is 20.8. The Balaban J connectivity index is 1.69. The molecular formula is C21H15ClF3N3O3. The standard InChI is InChI=1S/C21H15ClF3N3O3/c1-30-14-6-4-12(5-7-14)10-26-20(29)17-18(22)28-11-13(16-3-2-8-31-16)9-15(19(28)27-17)21(23,24)25/h2-9,11H,10H2,1H3,(H,26,29). The van der Waals surface area contributed by atoms with Crippen LogP contribution in [0.15, 0.2) is 59.3 Å². The van der Waals surface area contributed by atoms with E-state index in [0.717, 1.165) is 16.0 Å². The second kappa shape index (κ2) is 7.99. The van der Waals surface area contributed by atoms with Crippen molar-refractivity contribution in [3.05, 3.63) is 76.9 Å². The molecule has 0 aliphatic heterocycles. The molecule has 4 aromatic rings. The predicted molar refractivity (Wildman–Crippen MR) is 107 cm³/mol. The number of aromatic nitrogens is 2. The maximum atomic E-state index is 13.7. The lowest BCUT2D eigenvalue weighted by molar-refractivity contribution is -0.136. The highest BCUT2D eigenvalue weighted by atomic mass is 35.5. The minimum atomic E-state index is -4.71. The van der Waals surface area contributed by atoms with Gasteiger partial charge in [-0.25, -0.2) is 4.98 Å². The molecule has 10 heteroatoms. The number of furan rings is 1. The van der Waals surface area contributed by atoms with Gasteiger partial charge in [-0.2, -0.15) is 13.2 Å². The Morgan fingerprint density at radius 2 is 2.00 bits per heavy atom. The van der Waals surface area contributed by atoms with Crippen molar-refractivity contribution >= 4 is 23.2 Å². The smallest absolute Gasteiger partial charge is 0.420 e. The van der Waals surface area contributed by atoms with Crippen LogP contribution in [0.3, 0.4) is 0 Å². The van der Waals surface area contributed by atoms with Gasteiger partial charge in [-0.1, -0.05) is 23.7 Å². The van der Waals surface area contributed by atoms with Crippen LogP contribution in [-0.4, -0.2) is 22.4 Å². The molecule has 160 valence electrons. The maximum absolute atomic E-state index is 13.7. The van der Waals surface area contributed by atoms with Crippen LogP contribution in [0.4, 0.5) is 13.2 Å². The summed E-state index contributed by atoms with van der Waals surface area (Å²) in [6.07, 6.45) is -2.02. The Bertz CT molecular complexity index is 1230. The number of pyridine rings is 1. The molecule has 0 aliphatic carbocycles. The van der Waals surface area contributed by atoms with Gasteiger partial charge in [-0.3, -0.25) is 9.20 Å². The minimum Gasteiger partial charge on any atom is -0.497 e. The van der Waals surface area contributed by atoms with Crippen molar-refractivity contribution in [1.29, 1.82) is 0 Å². The van der Waals surface area contributed by atoms with Crippen molar-refractivity contribution in [3.8, 4) is 17.1 Å². The van der Waals surface area contributed by atoms with Crippen LogP contribution < -0.4 is 10.1 Å². The fourth-order valence-electron chi connectivity index (χ4n) is 3.06. The highest BCUT2D eigenvalue weighted by Crippen LogP contribution is 2.37. The van der Waals surface area contributed by atoms with Gasteiger partial charge in [0.25, 0.3) is 5.91 Å². The van der Waals surface area contributed by atoms with E-state index in [4.69, 9.17) is 20.8 Å². The largest absolute Gasteiger partial charge is 0.497 e. The normalized spacial score (nSPS) is 11.6. The molecule has 0 radical (unpaired) electrons. The molecule has 0 spiro atoms. The number of alkyl halides is 3. The van der Waals surface area contributed by atoms with Gasteiger partial charge < -0.3 is 14.5 Å². The SMILES string of the molecule is COc1ccc(CNC(=O)c2nc3c(C(F)(F)F)cc(-c4ccco4)cn3c2Cl)cc1. The van der Waals surface area contributed by atoms with Crippen LogP contribution in [0.5, 0.6) is 5.75 Å². The van der Waals surface area contributed by atoms with Crippen LogP contribution in [-0.2, 0) is 12.7 Å². The molecule has 0 bridgehead atoms. The van der Waals surface area contributed by atoms with Crippen molar-refractivity contribution in [2.24, 2.45) is 0 Å². The van der Waals surface area contributed by atoms with Crippen LogP contribution in [0.2, 0.25) is 5.15 Å². The summed E-state index contributed by atoms with van der Waals surface area (Å²) < 4.78 is 52.3. The molecule has 0 fully saturated rings. The summed E-state index contributed by atoms with van der Waals surface area (Å²) in [7, 11) is 1.54. The summed E-state index contributed by atoms with van der Waals surface area (Å²) in [6, 6.07) is 10.9. The van der Waals surface area contributed by atoms with E-state index < -0.39 is 23.3 Å². The molecule has 0 aliphatic rings. The second-order valence-corrected chi connectivity index (χ2v) is 6.95. The minimum absolute atomic E-state index is 0.136. The molecule has 0 unspecified atom stereocenters.